The van der Waals surface area contributed by atoms with Crippen molar-refractivity contribution in [3.05, 3.63) is 17.7 Å². The van der Waals surface area contributed by atoms with Gasteiger partial charge in [0, 0.05) is 19.2 Å². The van der Waals surface area contributed by atoms with E-state index in [-0.39, 0.29) is 12.6 Å². The minimum atomic E-state index is -0.237. The van der Waals surface area contributed by atoms with E-state index >= 15 is 0 Å². The Labute approximate surface area is 105 Å². The Morgan fingerprint density at radius 1 is 1.39 bits per heavy atom. The molecule has 2 amide bonds. The minimum absolute atomic E-state index is 0.169. The zero-order valence-corrected chi connectivity index (χ0v) is 10.1. The average Bonchev–Trinajstić information content (AvgIpc) is 2.55. The number of hydrogen-bond donors (Lipinski definition) is 3. The molecule has 6 nitrogen and oxygen atoms in total. The molecule has 0 aromatic carbocycles. The minimum Gasteiger partial charge on any atom is -0.478 e. The molecule has 0 saturated carbocycles. The first kappa shape index (κ1) is 12.6. The van der Waals surface area contributed by atoms with Crippen LogP contribution in [0.2, 0.25) is 0 Å². The Morgan fingerprint density at radius 3 is 3.11 bits per heavy atom. The van der Waals surface area contributed by atoms with Gasteiger partial charge in [0.2, 0.25) is 5.88 Å². The summed E-state index contributed by atoms with van der Waals surface area (Å²) in [5.74, 6) is 1.05. The van der Waals surface area contributed by atoms with Gasteiger partial charge in [0.05, 0.1) is 6.61 Å². The first-order valence-corrected chi connectivity index (χ1v) is 6.08. The number of aromatic nitrogens is 1. The van der Waals surface area contributed by atoms with Crippen LogP contribution in [-0.2, 0) is 6.42 Å². The van der Waals surface area contributed by atoms with Crippen LogP contribution in [0, 0.1) is 0 Å². The Bertz CT molecular complexity index is 423. The summed E-state index contributed by atoms with van der Waals surface area (Å²) >= 11 is 0. The molecule has 0 aliphatic carbocycles. The molecule has 0 bridgehead atoms. The van der Waals surface area contributed by atoms with Gasteiger partial charge in [0.1, 0.15) is 5.82 Å². The van der Waals surface area contributed by atoms with Gasteiger partial charge in [0.15, 0.2) is 0 Å². The number of nitrogens with zero attached hydrogens (tertiary/aromatic N) is 1. The zero-order chi connectivity index (χ0) is 12.8. The van der Waals surface area contributed by atoms with Gasteiger partial charge in [-0.1, -0.05) is 0 Å². The number of pyridine rings is 1. The maximum atomic E-state index is 11.3. The summed E-state index contributed by atoms with van der Waals surface area (Å²) in [6, 6.07) is 3.48. The molecule has 6 heteroatoms. The van der Waals surface area contributed by atoms with Crippen LogP contribution in [0.25, 0.3) is 0 Å². The molecule has 2 heterocycles. The lowest BCUT2D eigenvalue weighted by Gasteiger charge is -2.09. The Morgan fingerprint density at radius 2 is 2.28 bits per heavy atom. The second kappa shape index (κ2) is 6.20. The molecule has 0 unspecified atom stereocenters. The number of ether oxygens (including phenoxy) is 1. The molecule has 1 aromatic heterocycles. The highest BCUT2D eigenvalue weighted by Gasteiger charge is 2.13. The largest absolute Gasteiger partial charge is 0.478 e. The van der Waals surface area contributed by atoms with Crippen molar-refractivity contribution in [2.75, 3.05) is 25.1 Å². The van der Waals surface area contributed by atoms with Gasteiger partial charge in [0.25, 0.3) is 0 Å². The van der Waals surface area contributed by atoms with Crippen molar-refractivity contribution in [3.63, 3.8) is 0 Å². The van der Waals surface area contributed by atoms with Gasteiger partial charge in [-0.2, -0.15) is 4.98 Å². The Kier molecular flexibility index (Phi) is 4.35. The van der Waals surface area contributed by atoms with E-state index in [2.05, 4.69) is 15.6 Å². The molecule has 1 aliphatic heterocycles. The average molecular weight is 251 g/mol. The predicted molar refractivity (Wildman–Crippen MR) is 66.8 cm³/mol. The van der Waals surface area contributed by atoms with E-state index in [1.165, 1.54) is 0 Å². The van der Waals surface area contributed by atoms with Crippen LogP contribution in [0.3, 0.4) is 0 Å². The molecule has 0 atom stereocenters. The number of anilines is 1. The number of urea groups is 1. The summed E-state index contributed by atoms with van der Waals surface area (Å²) in [6.07, 6.45) is 2.25. The fraction of sp³-hybridized carbons (Fsp3) is 0.500. The number of amides is 2. The quantitative estimate of drug-likeness (QED) is 0.679. The lowest BCUT2D eigenvalue weighted by atomic mass is 10.2. The molecule has 1 aromatic rings. The lowest BCUT2D eigenvalue weighted by Crippen LogP contribution is -2.27. The first-order valence-electron chi connectivity index (χ1n) is 6.08. The summed E-state index contributed by atoms with van der Waals surface area (Å²) in [5, 5.41) is 14.1. The highest BCUT2D eigenvalue weighted by Crippen LogP contribution is 2.19. The zero-order valence-electron chi connectivity index (χ0n) is 10.1. The van der Waals surface area contributed by atoms with Crippen LogP contribution >= 0.6 is 0 Å². The Hall–Kier alpha value is -1.82. The number of aliphatic hydroxyl groups excluding tert-OH is 1. The first-order chi connectivity index (χ1) is 8.79. The molecule has 3 N–H and O–H groups in total. The molecule has 98 valence electrons. The van der Waals surface area contributed by atoms with E-state index in [9.17, 15) is 4.79 Å². The number of hydrogen-bond acceptors (Lipinski definition) is 4. The molecular formula is C12H17N3O3. The fourth-order valence-corrected chi connectivity index (χ4v) is 1.71. The summed E-state index contributed by atoms with van der Waals surface area (Å²) < 4.78 is 5.46. The van der Waals surface area contributed by atoms with Gasteiger partial charge in [-0.05, 0) is 30.9 Å². The van der Waals surface area contributed by atoms with Crippen molar-refractivity contribution in [1.82, 2.24) is 10.3 Å². The molecule has 18 heavy (non-hydrogen) atoms. The highest BCUT2D eigenvalue weighted by atomic mass is 16.5. The molecule has 2 rings (SSSR count). The Balaban J connectivity index is 1.99. The lowest BCUT2D eigenvalue weighted by molar-refractivity contribution is 0.249. The van der Waals surface area contributed by atoms with Gasteiger partial charge >= 0.3 is 6.03 Å². The maximum absolute atomic E-state index is 11.3. The number of fused-ring (bicyclic) bond motifs is 1. The van der Waals surface area contributed by atoms with E-state index in [0.29, 0.717) is 31.3 Å². The third kappa shape index (κ3) is 3.33. The number of nitrogens with one attached hydrogen (secondary N) is 2. The molecule has 0 fully saturated rings. The van der Waals surface area contributed by atoms with Crippen LogP contribution in [-0.4, -0.2) is 35.9 Å². The number of unbranched alkanes of at least 4 members (excludes halogenated alkanes) is 1. The summed E-state index contributed by atoms with van der Waals surface area (Å²) in [7, 11) is 0. The van der Waals surface area contributed by atoms with Crippen molar-refractivity contribution in [3.8, 4) is 5.88 Å². The molecular weight excluding hydrogens is 234 g/mol. The van der Waals surface area contributed by atoms with Crippen LogP contribution < -0.4 is 15.4 Å². The second-order valence-corrected chi connectivity index (χ2v) is 4.07. The SMILES string of the molecule is O=C1NCCc2ccc(OCCCCO)nc2N1. The van der Waals surface area contributed by atoms with E-state index in [4.69, 9.17) is 9.84 Å². The van der Waals surface area contributed by atoms with E-state index in [0.717, 1.165) is 18.4 Å². The third-order valence-corrected chi connectivity index (χ3v) is 2.67. The van der Waals surface area contributed by atoms with E-state index in [1.807, 2.05) is 6.07 Å². The van der Waals surface area contributed by atoms with Crippen molar-refractivity contribution < 1.29 is 14.6 Å². The smallest absolute Gasteiger partial charge is 0.320 e. The maximum Gasteiger partial charge on any atom is 0.320 e. The van der Waals surface area contributed by atoms with Crippen LogP contribution in [0.4, 0.5) is 10.6 Å². The highest BCUT2D eigenvalue weighted by molar-refractivity contribution is 5.89. The molecule has 0 spiro atoms. The van der Waals surface area contributed by atoms with Crippen molar-refractivity contribution in [2.24, 2.45) is 0 Å². The number of rotatable bonds is 5. The summed E-state index contributed by atoms with van der Waals surface area (Å²) in [5.41, 5.74) is 0.996. The number of aliphatic hydroxyl groups is 1. The standard InChI is InChI=1S/C12H17N3O3/c16-7-1-2-8-18-10-4-3-9-5-6-13-12(17)15-11(9)14-10/h3-4,16H,1-2,5-8H2,(H2,13,14,15,17). The van der Waals surface area contributed by atoms with E-state index < -0.39 is 0 Å². The molecule has 0 saturated heterocycles. The van der Waals surface area contributed by atoms with Crippen LogP contribution in [0.1, 0.15) is 18.4 Å². The van der Waals surface area contributed by atoms with Gasteiger partial charge in [-0.25, -0.2) is 4.79 Å². The molecule has 0 radical (unpaired) electrons. The fourth-order valence-electron chi connectivity index (χ4n) is 1.71. The van der Waals surface area contributed by atoms with Crippen LogP contribution in [0.15, 0.2) is 12.1 Å². The third-order valence-electron chi connectivity index (χ3n) is 2.67. The summed E-state index contributed by atoms with van der Waals surface area (Å²) in [6.45, 7) is 1.29. The van der Waals surface area contributed by atoms with Crippen molar-refractivity contribution >= 4 is 11.8 Å². The van der Waals surface area contributed by atoms with E-state index in [1.54, 1.807) is 6.07 Å². The van der Waals surface area contributed by atoms with Crippen molar-refractivity contribution in [2.45, 2.75) is 19.3 Å². The van der Waals surface area contributed by atoms with Gasteiger partial charge in [-0.3, -0.25) is 5.32 Å². The van der Waals surface area contributed by atoms with Gasteiger partial charge < -0.3 is 15.2 Å². The predicted octanol–water partition coefficient (Wildman–Crippen LogP) is 0.910. The second-order valence-electron chi connectivity index (χ2n) is 4.07. The van der Waals surface area contributed by atoms with Crippen molar-refractivity contribution in [1.29, 1.82) is 0 Å². The van der Waals surface area contributed by atoms with Crippen LogP contribution in [0.5, 0.6) is 5.88 Å². The molecule has 1 aliphatic rings. The number of carbonyl (C=O) groups excluding carboxylic acids is 1. The monoisotopic (exact) mass is 251 g/mol. The normalized spacial score (nSPS) is 14.2. The number of carbonyl (C=O) groups is 1. The van der Waals surface area contributed by atoms with Gasteiger partial charge in [-0.15, -0.1) is 0 Å². The topological polar surface area (TPSA) is 83.5 Å². The summed E-state index contributed by atoms with van der Waals surface area (Å²) in [4.78, 5) is 15.6.